The van der Waals surface area contributed by atoms with E-state index in [1.165, 1.54) is 15.6 Å². The average molecular weight is 364 g/mol. The van der Waals surface area contributed by atoms with E-state index in [1.807, 2.05) is 36.1 Å². The Labute approximate surface area is 146 Å². The molecule has 7 heteroatoms. The third-order valence-corrected chi connectivity index (χ3v) is 7.43. The van der Waals surface area contributed by atoms with E-state index in [9.17, 15) is 13.2 Å². The van der Waals surface area contributed by atoms with Crippen LogP contribution in [0, 0.1) is 6.92 Å². The molecule has 2 aromatic rings. The molecule has 0 radical (unpaired) electrons. The van der Waals surface area contributed by atoms with Crippen molar-refractivity contribution in [3.8, 4) is 0 Å². The molecule has 0 spiro atoms. The molecule has 1 aliphatic heterocycles. The Balaban J connectivity index is 1.57. The van der Waals surface area contributed by atoms with Gasteiger partial charge in [-0.15, -0.1) is 11.3 Å². The highest BCUT2D eigenvalue weighted by Gasteiger charge is 2.29. The van der Waals surface area contributed by atoms with E-state index in [1.54, 1.807) is 17.5 Å². The first-order chi connectivity index (χ1) is 11.5. The van der Waals surface area contributed by atoms with Gasteiger partial charge in [0.15, 0.2) is 5.78 Å². The van der Waals surface area contributed by atoms with E-state index in [0.717, 1.165) is 5.56 Å². The summed E-state index contributed by atoms with van der Waals surface area (Å²) in [6, 6.07) is 10.9. The Kier molecular flexibility index (Phi) is 5.15. The Morgan fingerprint density at radius 2 is 1.75 bits per heavy atom. The summed E-state index contributed by atoms with van der Waals surface area (Å²) < 4.78 is 26.8. The number of thiophene rings is 1. The van der Waals surface area contributed by atoms with Gasteiger partial charge in [-0.2, -0.15) is 4.31 Å². The molecule has 1 fully saturated rings. The van der Waals surface area contributed by atoms with Crippen molar-refractivity contribution >= 4 is 27.1 Å². The van der Waals surface area contributed by atoms with Crippen LogP contribution in [0.1, 0.15) is 15.9 Å². The molecule has 0 bridgehead atoms. The second-order valence-corrected chi connectivity index (χ2v) is 9.01. The van der Waals surface area contributed by atoms with E-state index in [0.29, 0.717) is 42.5 Å². The summed E-state index contributed by atoms with van der Waals surface area (Å²) in [6.07, 6.45) is 0. The van der Waals surface area contributed by atoms with Crippen molar-refractivity contribution in [3.63, 3.8) is 0 Å². The zero-order valence-electron chi connectivity index (χ0n) is 13.5. The second kappa shape index (κ2) is 7.14. The number of benzene rings is 1. The van der Waals surface area contributed by atoms with Crippen LogP contribution in [0.3, 0.4) is 0 Å². The summed E-state index contributed by atoms with van der Waals surface area (Å²) in [5.41, 5.74) is 1.83. The number of sulfonamides is 1. The molecule has 2 heterocycles. The monoisotopic (exact) mass is 364 g/mol. The van der Waals surface area contributed by atoms with Crippen molar-refractivity contribution in [2.75, 3.05) is 32.7 Å². The average Bonchev–Trinajstić information content (AvgIpc) is 3.11. The Morgan fingerprint density at radius 3 is 2.33 bits per heavy atom. The molecule has 0 unspecified atom stereocenters. The summed E-state index contributed by atoms with van der Waals surface area (Å²) in [5.74, 6) is 0.0737. The minimum Gasteiger partial charge on any atom is -0.293 e. The van der Waals surface area contributed by atoms with Gasteiger partial charge in [0.2, 0.25) is 0 Å². The maximum absolute atomic E-state index is 12.5. The lowest BCUT2D eigenvalue weighted by Crippen LogP contribution is -2.49. The number of carbonyl (C=O) groups excluding carboxylic acids is 1. The van der Waals surface area contributed by atoms with E-state index < -0.39 is 10.0 Å². The third kappa shape index (κ3) is 3.75. The first-order valence-corrected chi connectivity index (χ1v) is 10.1. The normalized spacial score (nSPS) is 17.0. The van der Waals surface area contributed by atoms with Crippen LogP contribution in [0.25, 0.3) is 0 Å². The zero-order valence-corrected chi connectivity index (χ0v) is 15.1. The molecule has 0 saturated carbocycles. The minimum atomic E-state index is -3.39. The Hall–Kier alpha value is -1.54. The Bertz CT molecular complexity index is 791. The maximum Gasteiger partial charge on any atom is 0.252 e. The highest BCUT2D eigenvalue weighted by Crippen LogP contribution is 2.22. The largest absolute Gasteiger partial charge is 0.293 e. The smallest absolute Gasteiger partial charge is 0.252 e. The van der Waals surface area contributed by atoms with Crippen LogP contribution < -0.4 is 0 Å². The number of nitrogens with zero attached hydrogens (tertiary/aromatic N) is 2. The predicted molar refractivity (Wildman–Crippen MR) is 95.0 cm³/mol. The van der Waals surface area contributed by atoms with Crippen molar-refractivity contribution in [1.82, 2.24) is 9.21 Å². The van der Waals surface area contributed by atoms with Crippen molar-refractivity contribution in [2.45, 2.75) is 11.1 Å². The van der Waals surface area contributed by atoms with Crippen LogP contribution in [-0.4, -0.2) is 56.1 Å². The van der Waals surface area contributed by atoms with E-state index in [2.05, 4.69) is 0 Å². The van der Waals surface area contributed by atoms with E-state index >= 15 is 0 Å². The van der Waals surface area contributed by atoms with Crippen LogP contribution in [0.5, 0.6) is 0 Å². The van der Waals surface area contributed by atoms with Gasteiger partial charge in [0, 0.05) is 31.7 Å². The molecule has 1 saturated heterocycles. The molecule has 3 rings (SSSR count). The predicted octanol–water partition coefficient (Wildman–Crippen LogP) is 2.25. The molecule has 1 aliphatic rings. The fraction of sp³-hybridized carbons (Fsp3) is 0.353. The number of piperazine rings is 1. The molecule has 5 nitrogen and oxygen atoms in total. The quantitative estimate of drug-likeness (QED) is 0.764. The number of aryl methyl sites for hydroxylation is 1. The molecule has 1 aromatic heterocycles. The van der Waals surface area contributed by atoms with Crippen LogP contribution in [0.2, 0.25) is 0 Å². The number of hydrogen-bond donors (Lipinski definition) is 0. The topological polar surface area (TPSA) is 57.7 Å². The van der Waals surface area contributed by atoms with Crippen LogP contribution >= 0.6 is 11.3 Å². The molecule has 0 amide bonds. The molecular weight excluding hydrogens is 344 g/mol. The van der Waals surface area contributed by atoms with Crippen LogP contribution in [-0.2, 0) is 10.0 Å². The highest BCUT2D eigenvalue weighted by atomic mass is 32.2. The molecule has 0 aliphatic carbocycles. The lowest BCUT2D eigenvalue weighted by atomic mass is 10.1. The van der Waals surface area contributed by atoms with Crippen LogP contribution in [0.15, 0.2) is 46.0 Å². The second-order valence-electron chi connectivity index (χ2n) is 5.90. The van der Waals surface area contributed by atoms with Gasteiger partial charge in [-0.1, -0.05) is 35.9 Å². The summed E-state index contributed by atoms with van der Waals surface area (Å²) in [7, 11) is -3.39. The number of rotatable bonds is 5. The number of hydrogen-bond acceptors (Lipinski definition) is 5. The number of Topliss-reactive ketones (excluding diaryl/α,β-unsaturated/α-hetero) is 1. The molecule has 0 atom stereocenters. The molecular formula is C17H20N2O3S2. The van der Waals surface area contributed by atoms with Gasteiger partial charge in [0.1, 0.15) is 4.21 Å². The SMILES string of the molecule is Cc1ccc(C(=O)CN2CCN(S(=O)(=O)c3cccs3)CC2)cc1. The van der Waals surface area contributed by atoms with Gasteiger partial charge in [-0.3, -0.25) is 9.69 Å². The summed E-state index contributed by atoms with van der Waals surface area (Å²) in [5, 5.41) is 1.77. The highest BCUT2D eigenvalue weighted by molar-refractivity contribution is 7.91. The molecule has 0 N–H and O–H groups in total. The Morgan fingerprint density at radius 1 is 1.08 bits per heavy atom. The maximum atomic E-state index is 12.5. The summed E-state index contributed by atoms with van der Waals surface area (Å²) >= 11 is 1.24. The lowest BCUT2D eigenvalue weighted by Gasteiger charge is -2.33. The van der Waals surface area contributed by atoms with Crippen LogP contribution in [0.4, 0.5) is 0 Å². The summed E-state index contributed by atoms with van der Waals surface area (Å²) in [4.78, 5) is 14.3. The van der Waals surface area contributed by atoms with Gasteiger partial charge in [-0.05, 0) is 18.4 Å². The fourth-order valence-electron chi connectivity index (χ4n) is 2.70. The van der Waals surface area contributed by atoms with Crippen molar-refractivity contribution in [3.05, 3.63) is 52.9 Å². The van der Waals surface area contributed by atoms with Gasteiger partial charge >= 0.3 is 0 Å². The summed E-state index contributed by atoms with van der Waals surface area (Å²) in [6.45, 7) is 4.30. The molecule has 128 valence electrons. The number of carbonyl (C=O) groups is 1. The standard InChI is InChI=1S/C17H20N2O3S2/c1-14-4-6-15(7-5-14)16(20)13-18-8-10-19(11-9-18)24(21,22)17-3-2-12-23-17/h2-7,12H,8-11,13H2,1H3. The minimum absolute atomic E-state index is 0.0737. The first-order valence-electron chi connectivity index (χ1n) is 7.83. The van der Waals surface area contributed by atoms with Crippen molar-refractivity contribution in [1.29, 1.82) is 0 Å². The zero-order chi connectivity index (χ0) is 17.2. The van der Waals surface area contributed by atoms with Gasteiger partial charge < -0.3 is 0 Å². The van der Waals surface area contributed by atoms with Crippen molar-refractivity contribution < 1.29 is 13.2 Å². The van der Waals surface area contributed by atoms with E-state index in [-0.39, 0.29) is 5.78 Å². The third-order valence-electron chi connectivity index (χ3n) is 4.16. The van der Waals surface area contributed by atoms with E-state index in [4.69, 9.17) is 0 Å². The number of ketones is 1. The molecule has 24 heavy (non-hydrogen) atoms. The van der Waals surface area contributed by atoms with Gasteiger partial charge in [0.25, 0.3) is 10.0 Å². The van der Waals surface area contributed by atoms with Gasteiger partial charge in [0.05, 0.1) is 6.54 Å². The molecule has 1 aromatic carbocycles. The first kappa shape index (κ1) is 17.3. The van der Waals surface area contributed by atoms with Crippen molar-refractivity contribution in [2.24, 2.45) is 0 Å². The fourth-order valence-corrected chi connectivity index (χ4v) is 5.27. The van der Waals surface area contributed by atoms with Gasteiger partial charge in [-0.25, -0.2) is 8.42 Å². The lowest BCUT2D eigenvalue weighted by molar-refractivity contribution is 0.0902.